The molecule has 1 fully saturated rings. The SMILES string of the molecule is CCC(CC)C(=O)NCC1CCN(C)C1. The van der Waals surface area contributed by atoms with Crippen LogP contribution in [0.15, 0.2) is 0 Å². The van der Waals surface area contributed by atoms with Gasteiger partial charge in [-0.15, -0.1) is 0 Å². The molecule has 1 aliphatic heterocycles. The van der Waals surface area contributed by atoms with Crippen molar-refractivity contribution in [3.05, 3.63) is 0 Å². The van der Waals surface area contributed by atoms with Crippen LogP contribution in [0.1, 0.15) is 33.1 Å². The Balaban J connectivity index is 2.21. The summed E-state index contributed by atoms with van der Waals surface area (Å²) >= 11 is 0. The van der Waals surface area contributed by atoms with Gasteiger partial charge in [0.15, 0.2) is 0 Å². The van der Waals surface area contributed by atoms with Gasteiger partial charge in [-0.3, -0.25) is 4.79 Å². The van der Waals surface area contributed by atoms with E-state index < -0.39 is 0 Å². The number of amides is 1. The predicted molar refractivity (Wildman–Crippen MR) is 62.7 cm³/mol. The number of likely N-dealkylation sites (tertiary alicyclic amines) is 1. The van der Waals surface area contributed by atoms with Gasteiger partial charge in [-0.25, -0.2) is 0 Å². The summed E-state index contributed by atoms with van der Waals surface area (Å²) in [6.45, 7) is 7.32. The van der Waals surface area contributed by atoms with Crippen LogP contribution in [0.5, 0.6) is 0 Å². The average molecular weight is 212 g/mol. The molecule has 15 heavy (non-hydrogen) atoms. The van der Waals surface area contributed by atoms with Gasteiger partial charge in [0.1, 0.15) is 0 Å². The molecular formula is C12H24N2O. The van der Waals surface area contributed by atoms with Crippen LogP contribution in [-0.2, 0) is 4.79 Å². The predicted octanol–water partition coefficient (Wildman–Crippen LogP) is 1.49. The summed E-state index contributed by atoms with van der Waals surface area (Å²) in [4.78, 5) is 14.0. The van der Waals surface area contributed by atoms with Gasteiger partial charge in [-0.05, 0) is 38.8 Å². The van der Waals surface area contributed by atoms with Crippen LogP contribution >= 0.6 is 0 Å². The highest BCUT2D eigenvalue weighted by atomic mass is 16.1. The zero-order valence-corrected chi connectivity index (χ0v) is 10.3. The molecule has 1 N–H and O–H groups in total. The van der Waals surface area contributed by atoms with Crippen LogP contribution in [-0.4, -0.2) is 37.5 Å². The Morgan fingerprint density at radius 2 is 2.13 bits per heavy atom. The van der Waals surface area contributed by atoms with Crippen molar-refractivity contribution < 1.29 is 4.79 Å². The molecule has 3 nitrogen and oxygen atoms in total. The van der Waals surface area contributed by atoms with Crippen molar-refractivity contribution in [1.82, 2.24) is 10.2 Å². The molecule has 0 saturated carbocycles. The van der Waals surface area contributed by atoms with Crippen molar-refractivity contribution in [3.8, 4) is 0 Å². The monoisotopic (exact) mass is 212 g/mol. The Labute approximate surface area is 93.2 Å². The summed E-state index contributed by atoms with van der Waals surface area (Å²) in [6, 6.07) is 0. The van der Waals surface area contributed by atoms with Gasteiger partial charge in [0.25, 0.3) is 0 Å². The molecule has 0 aromatic heterocycles. The van der Waals surface area contributed by atoms with Crippen molar-refractivity contribution in [2.24, 2.45) is 11.8 Å². The molecule has 1 aliphatic rings. The molecule has 1 rings (SSSR count). The van der Waals surface area contributed by atoms with Gasteiger partial charge in [0.05, 0.1) is 0 Å². The van der Waals surface area contributed by atoms with Crippen molar-refractivity contribution >= 4 is 5.91 Å². The lowest BCUT2D eigenvalue weighted by Crippen LogP contribution is -2.34. The second-order valence-corrected chi connectivity index (χ2v) is 4.68. The van der Waals surface area contributed by atoms with Crippen LogP contribution in [0.3, 0.4) is 0 Å². The maximum atomic E-state index is 11.7. The van der Waals surface area contributed by atoms with E-state index in [1.54, 1.807) is 0 Å². The Kier molecular flexibility index (Phi) is 5.09. The number of hydrogen-bond donors (Lipinski definition) is 1. The van der Waals surface area contributed by atoms with Gasteiger partial charge in [-0.2, -0.15) is 0 Å². The van der Waals surface area contributed by atoms with E-state index in [9.17, 15) is 4.79 Å². The van der Waals surface area contributed by atoms with E-state index in [0.717, 1.165) is 25.9 Å². The third-order valence-electron chi connectivity index (χ3n) is 3.41. The standard InChI is InChI=1S/C12H24N2O/c1-4-11(5-2)12(15)13-8-10-6-7-14(3)9-10/h10-11H,4-9H2,1-3H3,(H,13,15). The zero-order chi connectivity index (χ0) is 11.3. The molecule has 0 aliphatic carbocycles. The fraction of sp³-hybridized carbons (Fsp3) is 0.917. The fourth-order valence-electron chi connectivity index (χ4n) is 2.24. The summed E-state index contributed by atoms with van der Waals surface area (Å²) in [5.41, 5.74) is 0. The number of hydrogen-bond acceptors (Lipinski definition) is 2. The van der Waals surface area contributed by atoms with Crippen molar-refractivity contribution in [1.29, 1.82) is 0 Å². The van der Waals surface area contributed by atoms with Crippen molar-refractivity contribution in [2.45, 2.75) is 33.1 Å². The molecule has 0 bridgehead atoms. The zero-order valence-electron chi connectivity index (χ0n) is 10.3. The largest absolute Gasteiger partial charge is 0.356 e. The minimum Gasteiger partial charge on any atom is -0.356 e. The first-order chi connectivity index (χ1) is 7.17. The number of rotatable bonds is 5. The maximum absolute atomic E-state index is 11.7. The highest BCUT2D eigenvalue weighted by molar-refractivity contribution is 5.78. The maximum Gasteiger partial charge on any atom is 0.223 e. The molecule has 1 atom stereocenters. The summed E-state index contributed by atoms with van der Waals surface area (Å²) in [6.07, 6.45) is 3.12. The van der Waals surface area contributed by atoms with E-state index >= 15 is 0 Å². The Bertz CT molecular complexity index is 202. The van der Waals surface area contributed by atoms with E-state index in [1.807, 2.05) is 0 Å². The van der Waals surface area contributed by atoms with Crippen LogP contribution in [0.25, 0.3) is 0 Å². The van der Waals surface area contributed by atoms with Gasteiger partial charge in [0, 0.05) is 19.0 Å². The van der Waals surface area contributed by atoms with Gasteiger partial charge in [-0.1, -0.05) is 13.8 Å². The first-order valence-corrected chi connectivity index (χ1v) is 6.13. The Morgan fingerprint density at radius 1 is 1.47 bits per heavy atom. The molecule has 1 heterocycles. The van der Waals surface area contributed by atoms with E-state index in [0.29, 0.717) is 5.92 Å². The highest BCUT2D eigenvalue weighted by Crippen LogP contribution is 2.13. The van der Waals surface area contributed by atoms with E-state index in [4.69, 9.17) is 0 Å². The van der Waals surface area contributed by atoms with Crippen molar-refractivity contribution in [2.75, 3.05) is 26.7 Å². The third kappa shape index (κ3) is 3.82. The van der Waals surface area contributed by atoms with Gasteiger partial charge < -0.3 is 10.2 Å². The molecule has 3 heteroatoms. The molecule has 1 unspecified atom stereocenters. The Morgan fingerprint density at radius 3 is 2.60 bits per heavy atom. The second-order valence-electron chi connectivity index (χ2n) is 4.68. The summed E-state index contributed by atoms with van der Waals surface area (Å²) in [7, 11) is 2.14. The molecule has 1 saturated heterocycles. The number of carbonyl (C=O) groups excluding carboxylic acids is 1. The molecule has 1 amide bonds. The number of nitrogens with one attached hydrogen (secondary N) is 1. The third-order valence-corrected chi connectivity index (χ3v) is 3.41. The molecule has 88 valence electrons. The lowest BCUT2D eigenvalue weighted by Gasteiger charge is -2.15. The minimum atomic E-state index is 0.212. The quantitative estimate of drug-likeness (QED) is 0.749. The molecule has 0 radical (unpaired) electrons. The highest BCUT2D eigenvalue weighted by Gasteiger charge is 2.21. The van der Waals surface area contributed by atoms with Crippen LogP contribution in [0, 0.1) is 11.8 Å². The van der Waals surface area contributed by atoms with Crippen LogP contribution in [0.2, 0.25) is 0 Å². The normalized spacial score (nSPS) is 22.3. The first kappa shape index (κ1) is 12.5. The average Bonchev–Trinajstić information content (AvgIpc) is 2.63. The van der Waals surface area contributed by atoms with Crippen LogP contribution < -0.4 is 5.32 Å². The lowest BCUT2D eigenvalue weighted by atomic mass is 10.0. The van der Waals surface area contributed by atoms with Gasteiger partial charge >= 0.3 is 0 Å². The fourth-order valence-corrected chi connectivity index (χ4v) is 2.24. The molecule has 0 aromatic carbocycles. The van der Waals surface area contributed by atoms with E-state index in [-0.39, 0.29) is 11.8 Å². The summed E-state index contributed by atoms with van der Waals surface area (Å²) in [5, 5.41) is 3.08. The summed E-state index contributed by atoms with van der Waals surface area (Å²) in [5.74, 6) is 1.12. The van der Waals surface area contributed by atoms with Gasteiger partial charge in [0.2, 0.25) is 5.91 Å². The first-order valence-electron chi connectivity index (χ1n) is 6.13. The summed E-state index contributed by atoms with van der Waals surface area (Å²) < 4.78 is 0. The van der Waals surface area contributed by atoms with E-state index in [1.165, 1.54) is 13.0 Å². The molecular weight excluding hydrogens is 188 g/mol. The van der Waals surface area contributed by atoms with Crippen LogP contribution in [0.4, 0.5) is 0 Å². The topological polar surface area (TPSA) is 32.3 Å². The number of carbonyl (C=O) groups is 1. The smallest absolute Gasteiger partial charge is 0.223 e. The Hall–Kier alpha value is -0.570. The lowest BCUT2D eigenvalue weighted by molar-refractivity contribution is -0.125. The second kappa shape index (κ2) is 6.11. The molecule has 0 aromatic rings. The molecule has 0 spiro atoms. The van der Waals surface area contributed by atoms with Crippen molar-refractivity contribution in [3.63, 3.8) is 0 Å². The minimum absolute atomic E-state index is 0.212. The van der Waals surface area contributed by atoms with E-state index in [2.05, 4.69) is 31.1 Å². The number of nitrogens with zero attached hydrogens (tertiary/aromatic N) is 1.